The third-order valence-corrected chi connectivity index (χ3v) is 6.46. The molecule has 0 radical (unpaired) electrons. The average Bonchev–Trinajstić information content (AvgIpc) is 3.24. The minimum absolute atomic E-state index is 0.206. The monoisotopic (exact) mass is 443 g/mol. The number of carbonyl (C=O) groups is 1. The summed E-state index contributed by atoms with van der Waals surface area (Å²) in [5.74, 6) is -0.300. The van der Waals surface area contributed by atoms with Crippen molar-refractivity contribution in [2.24, 2.45) is 0 Å². The Balaban J connectivity index is 1.61. The van der Waals surface area contributed by atoms with E-state index in [2.05, 4.69) is 16.0 Å². The van der Waals surface area contributed by atoms with Gasteiger partial charge in [-0.05, 0) is 65.9 Å². The van der Waals surface area contributed by atoms with Crippen LogP contribution < -0.4 is 5.32 Å². The van der Waals surface area contributed by atoms with Gasteiger partial charge in [-0.25, -0.2) is 9.18 Å². The summed E-state index contributed by atoms with van der Waals surface area (Å²) in [5.41, 5.74) is 4.64. The predicted octanol–water partition coefficient (Wildman–Crippen LogP) is 6.48. The zero-order chi connectivity index (χ0) is 22.1. The largest absolute Gasteiger partial charge is 0.322 e. The van der Waals surface area contributed by atoms with Gasteiger partial charge in [0.25, 0.3) is 0 Å². The zero-order valence-corrected chi connectivity index (χ0v) is 18.4. The van der Waals surface area contributed by atoms with E-state index in [1.807, 2.05) is 71.9 Å². The number of amides is 2. The highest BCUT2D eigenvalue weighted by Gasteiger charge is 2.33. The lowest BCUT2D eigenvalue weighted by Gasteiger charge is -2.31. The fourth-order valence-electron chi connectivity index (χ4n) is 4.23. The number of para-hydroxylation sites is 1. The molecule has 0 spiro atoms. The Morgan fingerprint density at radius 3 is 2.62 bits per heavy atom. The van der Waals surface area contributed by atoms with E-state index in [-0.39, 0.29) is 17.9 Å². The Kier molecular flexibility index (Phi) is 5.45. The van der Waals surface area contributed by atoms with E-state index in [0.717, 1.165) is 33.1 Å². The number of carbonyl (C=O) groups excluding carboxylic acids is 1. The van der Waals surface area contributed by atoms with Crippen LogP contribution in [0.3, 0.4) is 0 Å². The molecule has 1 aliphatic rings. The number of hydrogen-bond donors (Lipinski definition) is 1. The second-order valence-electron chi connectivity index (χ2n) is 7.68. The summed E-state index contributed by atoms with van der Waals surface area (Å²) in [5, 5.41) is 3.07. The lowest BCUT2D eigenvalue weighted by atomic mass is 10.0. The third kappa shape index (κ3) is 3.78. The van der Waals surface area contributed by atoms with Gasteiger partial charge in [-0.3, -0.25) is 0 Å². The summed E-state index contributed by atoms with van der Waals surface area (Å²) in [4.78, 5) is 16.5. The molecular weight excluding hydrogens is 421 g/mol. The van der Waals surface area contributed by atoms with Gasteiger partial charge in [0.1, 0.15) is 5.82 Å². The number of urea groups is 1. The van der Waals surface area contributed by atoms with Crippen molar-refractivity contribution in [1.29, 1.82) is 0 Å². The van der Waals surface area contributed by atoms with Crippen molar-refractivity contribution < 1.29 is 9.18 Å². The molecule has 32 heavy (non-hydrogen) atoms. The zero-order valence-electron chi connectivity index (χ0n) is 17.5. The molecule has 0 fully saturated rings. The summed E-state index contributed by atoms with van der Waals surface area (Å²) in [6.45, 7) is 0.425. The number of aromatic nitrogens is 1. The second kappa shape index (κ2) is 8.55. The number of nitrogens with one attached hydrogen (secondary N) is 1. The number of benzene rings is 3. The number of nitrogens with zero attached hydrogens (tertiary/aromatic N) is 2. The molecule has 4 nitrogen and oxygen atoms in total. The van der Waals surface area contributed by atoms with E-state index in [1.165, 1.54) is 12.1 Å². The predicted molar refractivity (Wildman–Crippen MR) is 127 cm³/mol. The van der Waals surface area contributed by atoms with Gasteiger partial charge in [-0.15, -0.1) is 11.8 Å². The Morgan fingerprint density at radius 1 is 1.00 bits per heavy atom. The number of fused-ring (bicyclic) bond motifs is 3. The van der Waals surface area contributed by atoms with Crippen molar-refractivity contribution in [1.82, 2.24) is 9.47 Å². The maximum atomic E-state index is 13.7. The number of halogens is 1. The first kappa shape index (κ1) is 20.4. The van der Waals surface area contributed by atoms with Crippen molar-refractivity contribution in [3.63, 3.8) is 0 Å². The Morgan fingerprint density at radius 2 is 1.81 bits per heavy atom. The summed E-state index contributed by atoms with van der Waals surface area (Å²) < 4.78 is 15.8. The Labute approximate surface area is 190 Å². The molecule has 2 amide bonds. The number of rotatable bonds is 3. The van der Waals surface area contributed by atoms with E-state index in [1.54, 1.807) is 23.9 Å². The lowest BCUT2D eigenvalue weighted by molar-refractivity contribution is 0.194. The van der Waals surface area contributed by atoms with Gasteiger partial charge in [0.2, 0.25) is 0 Å². The molecule has 3 aromatic carbocycles. The molecule has 2 heterocycles. The highest BCUT2D eigenvalue weighted by atomic mass is 32.2. The van der Waals surface area contributed by atoms with E-state index in [0.29, 0.717) is 6.54 Å². The van der Waals surface area contributed by atoms with Crippen LogP contribution in [0.4, 0.5) is 14.9 Å². The van der Waals surface area contributed by atoms with Gasteiger partial charge in [-0.2, -0.15) is 0 Å². The molecule has 6 heteroatoms. The first-order valence-corrected chi connectivity index (χ1v) is 11.6. The van der Waals surface area contributed by atoms with Gasteiger partial charge in [0.05, 0.1) is 18.3 Å². The molecule has 0 saturated carbocycles. The fourth-order valence-corrected chi connectivity index (χ4v) is 4.69. The van der Waals surface area contributed by atoms with Crippen molar-refractivity contribution in [3.8, 4) is 5.69 Å². The first-order chi connectivity index (χ1) is 15.6. The molecule has 5 rings (SSSR count). The number of anilines is 1. The molecule has 160 valence electrons. The summed E-state index contributed by atoms with van der Waals surface area (Å²) in [7, 11) is 0. The van der Waals surface area contributed by atoms with Crippen LogP contribution in [0.2, 0.25) is 0 Å². The van der Waals surface area contributed by atoms with Crippen molar-refractivity contribution in [2.45, 2.75) is 17.5 Å². The van der Waals surface area contributed by atoms with Crippen LogP contribution in [0.1, 0.15) is 22.9 Å². The molecular formula is C26H22FN3OS. The van der Waals surface area contributed by atoms with Crippen LogP contribution in [0.25, 0.3) is 5.69 Å². The van der Waals surface area contributed by atoms with Gasteiger partial charge >= 0.3 is 6.03 Å². The SMILES string of the molecule is CSc1cccc(NC(=O)N2Cc3ccccc3-n3cccc3[C@@H]2c2ccc(F)cc2)c1. The first-order valence-electron chi connectivity index (χ1n) is 10.4. The maximum Gasteiger partial charge on any atom is 0.322 e. The van der Waals surface area contributed by atoms with E-state index >= 15 is 0 Å². The lowest BCUT2D eigenvalue weighted by Crippen LogP contribution is -2.37. The quantitative estimate of drug-likeness (QED) is 0.368. The van der Waals surface area contributed by atoms with E-state index in [9.17, 15) is 9.18 Å². The minimum atomic E-state index is -0.373. The van der Waals surface area contributed by atoms with Crippen LogP contribution in [0.5, 0.6) is 0 Å². The molecule has 0 bridgehead atoms. The van der Waals surface area contributed by atoms with E-state index in [4.69, 9.17) is 0 Å². The van der Waals surface area contributed by atoms with E-state index < -0.39 is 0 Å². The van der Waals surface area contributed by atoms with Crippen molar-refractivity contribution >= 4 is 23.5 Å². The molecule has 0 aliphatic carbocycles. The van der Waals surface area contributed by atoms with Crippen LogP contribution in [-0.2, 0) is 6.54 Å². The summed E-state index contributed by atoms with van der Waals surface area (Å²) in [6.07, 6.45) is 4.01. The van der Waals surface area contributed by atoms with Crippen molar-refractivity contribution in [2.75, 3.05) is 11.6 Å². The number of thioether (sulfide) groups is 1. The van der Waals surface area contributed by atoms with Gasteiger partial charge in [0.15, 0.2) is 0 Å². The molecule has 0 saturated heterocycles. The minimum Gasteiger partial charge on any atom is -0.318 e. The smallest absolute Gasteiger partial charge is 0.318 e. The highest BCUT2D eigenvalue weighted by molar-refractivity contribution is 7.98. The van der Waals surface area contributed by atoms with Crippen LogP contribution in [-0.4, -0.2) is 21.8 Å². The molecule has 1 aromatic heterocycles. The van der Waals surface area contributed by atoms with Gasteiger partial charge in [-0.1, -0.05) is 36.4 Å². The molecule has 1 atom stereocenters. The average molecular weight is 444 g/mol. The topological polar surface area (TPSA) is 37.3 Å². The fraction of sp³-hybridized carbons (Fsp3) is 0.115. The maximum absolute atomic E-state index is 13.7. The number of hydrogen-bond acceptors (Lipinski definition) is 2. The molecule has 4 aromatic rings. The summed E-state index contributed by atoms with van der Waals surface area (Å²) >= 11 is 1.63. The van der Waals surface area contributed by atoms with Gasteiger partial charge < -0.3 is 14.8 Å². The van der Waals surface area contributed by atoms with Crippen LogP contribution >= 0.6 is 11.8 Å². The standard InChI is InChI=1S/C26H22FN3OS/c1-32-22-8-4-7-21(16-22)28-26(31)30-17-19-6-2-3-9-23(19)29-15-5-10-24(29)25(30)18-11-13-20(27)14-12-18/h2-16,25H,17H2,1H3,(H,28,31)/t25-/m0/s1. The molecule has 1 aliphatic heterocycles. The molecule has 1 N–H and O–H groups in total. The summed E-state index contributed by atoms with van der Waals surface area (Å²) in [6, 6.07) is 25.7. The third-order valence-electron chi connectivity index (χ3n) is 5.73. The van der Waals surface area contributed by atoms with Crippen LogP contribution in [0, 0.1) is 5.82 Å². The normalized spacial score (nSPS) is 14.9. The van der Waals surface area contributed by atoms with Crippen LogP contribution in [0.15, 0.2) is 96.0 Å². The second-order valence-corrected chi connectivity index (χ2v) is 8.56. The highest BCUT2D eigenvalue weighted by Crippen LogP contribution is 2.37. The molecule has 0 unspecified atom stereocenters. The Bertz CT molecular complexity index is 1270. The van der Waals surface area contributed by atoms with Crippen molar-refractivity contribution in [3.05, 3.63) is 114 Å². The Hall–Kier alpha value is -3.51. The van der Waals surface area contributed by atoms with Gasteiger partial charge in [0, 0.05) is 22.5 Å².